The number of benzene rings is 1. The van der Waals surface area contributed by atoms with Crippen LogP contribution < -0.4 is 5.32 Å². The largest absolute Gasteiger partial charge is 0.310 e. The summed E-state index contributed by atoms with van der Waals surface area (Å²) in [6.07, 6.45) is 2.90. The molecule has 0 radical (unpaired) electrons. The van der Waals surface area contributed by atoms with Crippen molar-refractivity contribution in [2.45, 2.75) is 26.3 Å². The average molecular weight is 281 g/mol. The number of nitrogens with zero attached hydrogens (tertiary/aromatic N) is 4. The highest BCUT2D eigenvalue weighted by Gasteiger charge is 2.15. The number of fused-ring (bicyclic) bond motifs is 1. The Kier molecular flexibility index (Phi) is 3.92. The molecule has 0 saturated heterocycles. The maximum atomic E-state index is 4.52. The van der Waals surface area contributed by atoms with E-state index in [1.54, 1.807) is 6.20 Å². The smallest absolute Gasteiger partial charge is 0.160 e. The van der Waals surface area contributed by atoms with Gasteiger partial charge in [0.1, 0.15) is 5.52 Å². The minimum Gasteiger partial charge on any atom is -0.310 e. The first kappa shape index (κ1) is 13.7. The Labute approximate surface area is 124 Å². The van der Waals surface area contributed by atoms with Gasteiger partial charge in [-0.2, -0.15) is 4.68 Å². The van der Waals surface area contributed by atoms with Crippen molar-refractivity contribution in [1.29, 1.82) is 0 Å². The van der Waals surface area contributed by atoms with Gasteiger partial charge in [0.15, 0.2) is 5.82 Å². The van der Waals surface area contributed by atoms with E-state index in [4.69, 9.17) is 0 Å². The predicted molar refractivity (Wildman–Crippen MR) is 83.4 cm³/mol. The molecule has 0 aliphatic rings. The van der Waals surface area contributed by atoms with Crippen LogP contribution in [0.1, 0.15) is 31.9 Å². The van der Waals surface area contributed by atoms with Crippen LogP contribution in [0.15, 0.2) is 42.6 Å². The minimum absolute atomic E-state index is 0.219. The molecule has 1 N–H and O–H groups in total. The van der Waals surface area contributed by atoms with Crippen LogP contribution in [0, 0.1) is 0 Å². The van der Waals surface area contributed by atoms with Crippen LogP contribution in [0.5, 0.6) is 0 Å². The highest BCUT2D eigenvalue weighted by atomic mass is 15.4. The monoisotopic (exact) mass is 281 g/mol. The second-order valence-corrected chi connectivity index (χ2v) is 5.08. The number of pyridine rings is 1. The van der Waals surface area contributed by atoms with Gasteiger partial charge < -0.3 is 5.32 Å². The van der Waals surface area contributed by atoms with Gasteiger partial charge in [-0.3, -0.25) is 0 Å². The van der Waals surface area contributed by atoms with Crippen molar-refractivity contribution in [3.8, 4) is 5.82 Å². The quantitative estimate of drug-likeness (QED) is 0.781. The van der Waals surface area contributed by atoms with Crippen molar-refractivity contribution in [3.05, 3.63) is 48.2 Å². The first-order valence-electron chi connectivity index (χ1n) is 7.30. The fourth-order valence-corrected chi connectivity index (χ4v) is 2.42. The molecular weight excluding hydrogens is 262 g/mol. The zero-order valence-corrected chi connectivity index (χ0v) is 12.3. The molecule has 5 nitrogen and oxygen atoms in total. The number of rotatable bonds is 5. The Morgan fingerprint density at radius 1 is 1.19 bits per heavy atom. The Morgan fingerprint density at radius 2 is 2.05 bits per heavy atom. The zero-order valence-electron chi connectivity index (χ0n) is 12.3. The molecule has 0 bridgehead atoms. The molecule has 3 rings (SSSR count). The standard InChI is InChI=1S/C16H19N5/c1-3-10-17-12(2)13-7-6-11-18-16(13)21-15-9-5-4-8-14(15)19-20-21/h4-9,11-12,17H,3,10H2,1-2H3. The molecule has 0 fully saturated rings. The van der Waals surface area contributed by atoms with E-state index in [1.165, 1.54) is 0 Å². The first-order chi connectivity index (χ1) is 10.3. The number of nitrogens with one attached hydrogen (secondary N) is 1. The molecule has 5 heteroatoms. The van der Waals surface area contributed by atoms with Gasteiger partial charge in [-0.1, -0.05) is 30.3 Å². The molecular formula is C16H19N5. The molecule has 3 aromatic rings. The maximum Gasteiger partial charge on any atom is 0.160 e. The van der Waals surface area contributed by atoms with Crippen molar-refractivity contribution in [2.75, 3.05) is 6.54 Å². The molecule has 1 aromatic carbocycles. The summed E-state index contributed by atoms with van der Waals surface area (Å²) in [5.74, 6) is 0.835. The van der Waals surface area contributed by atoms with E-state index in [9.17, 15) is 0 Å². The van der Waals surface area contributed by atoms with Crippen molar-refractivity contribution in [1.82, 2.24) is 25.3 Å². The lowest BCUT2D eigenvalue weighted by atomic mass is 10.1. The van der Waals surface area contributed by atoms with Crippen LogP contribution in [0.4, 0.5) is 0 Å². The van der Waals surface area contributed by atoms with Crippen LogP contribution in [0.25, 0.3) is 16.9 Å². The van der Waals surface area contributed by atoms with Gasteiger partial charge in [-0.25, -0.2) is 4.98 Å². The van der Waals surface area contributed by atoms with Crippen LogP contribution >= 0.6 is 0 Å². The lowest BCUT2D eigenvalue weighted by molar-refractivity contribution is 0.564. The minimum atomic E-state index is 0.219. The summed E-state index contributed by atoms with van der Waals surface area (Å²) in [7, 11) is 0. The van der Waals surface area contributed by atoms with Gasteiger partial charge in [0.2, 0.25) is 0 Å². The van der Waals surface area contributed by atoms with Gasteiger partial charge in [-0.05, 0) is 38.1 Å². The Balaban J connectivity index is 2.06. The summed E-state index contributed by atoms with van der Waals surface area (Å²) in [6, 6.07) is 12.2. The predicted octanol–water partition coefficient (Wildman–Crippen LogP) is 2.88. The molecule has 2 aromatic heterocycles. The van der Waals surface area contributed by atoms with Crippen LogP contribution in [0.2, 0.25) is 0 Å². The van der Waals surface area contributed by atoms with Gasteiger partial charge in [0.05, 0.1) is 5.52 Å². The Bertz CT molecular complexity index is 734. The van der Waals surface area contributed by atoms with Gasteiger partial charge in [0, 0.05) is 17.8 Å². The highest BCUT2D eigenvalue weighted by molar-refractivity contribution is 5.75. The van der Waals surface area contributed by atoms with E-state index in [2.05, 4.69) is 40.5 Å². The van der Waals surface area contributed by atoms with E-state index in [-0.39, 0.29) is 6.04 Å². The number of aromatic nitrogens is 4. The summed E-state index contributed by atoms with van der Waals surface area (Å²) < 4.78 is 1.81. The van der Waals surface area contributed by atoms with E-state index in [1.807, 2.05) is 35.0 Å². The fourth-order valence-electron chi connectivity index (χ4n) is 2.42. The fraction of sp³-hybridized carbons (Fsp3) is 0.312. The van der Waals surface area contributed by atoms with E-state index >= 15 is 0 Å². The second kappa shape index (κ2) is 6.01. The van der Waals surface area contributed by atoms with Gasteiger partial charge >= 0.3 is 0 Å². The number of hydrogen-bond acceptors (Lipinski definition) is 4. The number of para-hydroxylation sites is 1. The van der Waals surface area contributed by atoms with E-state index in [0.717, 1.165) is 35.4 Å². The van der Waals surface area contributed by atoms with Crippen LogP contribution in [-0.2, 0) is 0 Å². The maximum absolute atomic E-state index is 4.52. The summed E-state index contributed by atoms with van der Waals surface area (Å²) >= 11 is 0. The first-order valence-corrected chi connectivity index (χ1v) is 7.30. The lowest BCUT2D eigenvalue weighted by Gasteiger charge is -2.16. The highest BCUT2D eigenvalue weighted by Crippen LogP contribution is 2.22. The Hall–Kier alpha value is -2.27. The molecule has 2 heterocycles. The average Bonchev–Trinajstić information content (AvgIpc) is 2.96. The molecule has 0 amide bonds. The number of hydrogen-bond donors (Lipinski definition) is 1. The van der Waals surface area contributed by atoms with Crippen molar-refractivity contribution in [3.63, 3.8) is 0 Å². The third-order valence-electron chi connectivity index (χ3n) is 3.54. The third kappa shape index (κ3) is 2.64. The molecule has 0 aliphatic carbocycles. The lowest BCUT2D eigenvalue weighted by Crippen LogP contribution is -2.21. The topological polar surface area (TPSA) is 55.6 Å². The molecule has 108 valence electrons. The molecule has 0 spiro atoms. The Morgan fingerprint density at radius 3 is 2.90 bits per heavy atom. The van der Waals surface area contributed by atoms with E-state index in [0.29, 0.717) is 0 Å². The summed E-state index contributed by atoms with van der Waals surface area (Å²) in [5.41, 5.74) is 2.98. The second-order valence-electron chi connectivity index (χ2n) is 5.08. The zero-order chi connectivity index (χ0) is 14.7. The van der Waals surface area contributed by atoms with Crippen LogP contribution in [0.3, 0.4) is 0 Å². The molecule has 1 unspecified atom stereocenters. The normalized spacial score (nSPS) is 12.7. The van der Waals surface area contributed by atoms with E-state index < -0.39 is 0 Å². The van der Waals surface area contributed by atoms with Crippen LogP contribution in [-0.4, -0.2) is 26.5 Å². The SMILES string of the molecule is CCCNC(C)c1cccnc1-n1nnc2ccccc21. The molecule has 0 aliphatic heterocycles. The summed E-state index contributed by atoms with van der Waals surface area (Å²) in [5, 5.41) is 12.0. The molecule has 0 saturated carbocycles. The van der Waals surface area contributed by atoms with Gasteiger partial charge in [-0.15, -0.1) is 5.10 Å². The van der Waals surface area contributed by atoms with Crippen molar-refractivity contribution < 1.29 is 0 Å². The summed E-state index contributed by atoms with van der Waals surface area (Å²) in [4.78, 5) is 4.52. The van der Waals surface area contributed by atoms with Crippen molar-refractivity contribution >= 4 is 11.0 Å². The van der Waals surface area contributed by atoms with Gasteiger partial charge in [0.25, 0.3) is 0 Å². The molecule has 21 heavy (non-hydrogen) atoms. The third-order valence-corrected chi connectivity index (χ3v) is 3.54. The molecule has 1 atom stereocenters. The summed E-state index contributed by atoms with van der Waals surface area (Å²) in [6.45, 7) is 5.29. The van der Waals surface area contributed by atoms with Crippen molar-refractivity contribution in [2.24, 2.45) is 0 Å².